The molecule has 0 amide bonds. The zero-order valence-corrected chi connectivity index (χ0v) is 40.6. The maximum Gasteiger partial charge on any atom is 0.160 e. The molecule has 12 nitrogen and oxygen atoms in total. The van der Waals surface area contributed by atoms with Crippen molar-refractivity contribution in [2.75, 3.05) is 105 Å². The summed E-state index contributed by atoms with van der Waals surface area (Å²) in [5, 5.41) is 0. The Morgan fingerprint density at radius 2 is 0.719 bits per heavy atom. The summed E-state index contributed by atoms with van der Waals surface area (Å²) in [5.74, 6) is 0.368. The lowest BCUT2D eigenvalue weighted by Crippen LogP contribution is -2.66. The Kier molecular flexibility index (Phi) is 15.5. The van der Waals surface area contributed by atoms with Gasteiger partial charge in [-0.25, -0.2) is 19.6 Å². The molecule has 4 atom stereocenters. The van der Waals surface area contributed by atoms with E-state index < -0.39 is 22.9 Å². The molecule has 8 aliphatic rings. The van der Waals surface area contributed by atoms with Gasteiger partial charge in [-0.15, -0.1) is 0 Å². The first-order valence-corrected chi connectivity index (χ1v) is 26.3. The Bertz CT molecular complexity index is 1490. The van der Waals surface area contributed by atoms with Crippen molar-refractivity contribution in [1.82, 2.24) is 19.6 Å². The van der Waals surface area contributed by atoms with E-state index in [2.05, 4.69) is 71.6 Å². The fourth-order valence-electron chi connectivity index (χ4n) is 14.4. The van der Waals surface area contributed by atoms with Gasteiger partial charge < -0.3 is 18.9 Å². The van der Waals surface area contributed by atoms with Crippen molar-refractivity contribution in [2.45, 2.75) is 177 Å². The number of hydrogen-bond donors (Lipinski definition) is 0. The van der Waals surface area contributed by atoms with E-state index in [9.17, 15) is 0 Å². The van der Waals surface area contributed by atoms with Gasteiger partial charge in [0.15, 0.2) is 22.9 Å². The second kappa shape index (κ2) is 20.8. The summed E-state index contributed by atoms with van der Waals surface area (Å²) in [7, 11) is 0. The Labute approximate surface area is 386 Å². The van der Waals surface area contributed by atoms with E-state index in [1.165, 1.54) is 62.5 Å². The molecular weight excluding hydrogens is 809 g/mol. The summed E-state index contributed by atoms with van der Waals surface area (Å²) in [5.41, 5.74) is 0.310. The lowest BCUT2D eigenvalue weighted by molar-refractivity contribution is -0.485. The second-order valence-electron chi connectivity index (χ2n) is 22.0. The van der Waals surface area contributed by atoms with Crippen LogP contribution >= 0.6 is 0 Å². The van der Waals surface area contributed by atoms with E-state index in [1.54, 1.807) is 0 Å². The van der Waals surface area contributed by atoms with Crippen LogP contribution in [0.3, 0.4) is 0 Å². The van der Waals surface area contributed by atoms with Crippen LogP contribution in [0, 0.1) is 11.8 Å². The fourth-order valence-corrected chi connectivity index (χ4v) is 14.4. The topological polar surface area (TPSA) is 86.8 Å². The second-order valence-corrected chi connectivity index (χ2v) is 22.0. The van der Waals surface area contributed by atoms with E-state index in [4.69, 9.17) is 38.5 Å². The molecule has 4 aliphatic heterocycles. The van der Waals surface area contributed by atoms with Crippen molar-refractivity contribution >= 4 is 0 Å². The number of rotatable bonds is 14. The van der Waals surface area contributed by atoms with Gasteiger partial charge in [0.25, 0.3) is 0 Å². The van der Waals surface area contributed by atoms with Gasteiger partial charge in [0.05, 0.1) is 52.9 Å². The van der Waals surface area contributed by atoms with E-state index in [-0.39, 0.29) is 22.7 Å². The van der Waals surface area contributed by atoms with Crippen LogP contribution in [0.2, 0.25) is 0 Å². The molecule has 362 valence electrons. The third-order valence-electron chi connectivity index (χ3n) is 17.9. The van der Waals surface area contributed by atoms with Crippen molar-refractivity contribution in [3.05, 3.63) is 35.4 Å². The average molecular weight is 895 g/mol. The summed E-state index contributed by atoms with van der Waals surface area (Å²) in [6.07, 6.45) is 19.9. The number of morpholine rings is 4. The van der Waals surface area contributed by atoms with Crippen LogP contribution in [-0.2, 0) is 49.3 Å². The van der Waals surface area contributed by atoms with Crippen LogP contribution in [0.5, 0.6) is 0 Å². The van der Waals surface area contributed by atoms with Crippen LogP contribution in [0.4, 0.5) is 0 Å². The molecule has 4 saturated heterocycles. The summed E-state index contributed by atoms with van der Waals surface area (Å²) in [6.45, 7) is 22.9. The highest BCUT2D eigenvalue weighted by molar-refractivity contribution is 5.41. The minimum absolute atomic E-state index is 0.184. The first-order chi connectivity index (χ1) is 31.2. The van der Waals surface area contributed by atoms with Crippen molar-refractivity contribution < 1.29 is 38.5 Å². The largest absolute Gasteiger partial charge is 0.379 e. The number of hydrogen-bond acceptors (Lipinski definition) is 12. The van der Waals surface area contributed by atoms with Gasteiger partial charge in [0.2, 0.25) is 0 Å². The Morgan fingerprint density at radius 1 is 0.406 bits per heavy atom. The molecule has 4 saturated carbocycles. The highest BCUT2D eigenvalue weighted by Crippen LogP contribution is 2.56. The number of nitrogens with zero attached hydrogens (tertiary/aromatic N) is 4. The molecule has 1 aromatic carbocycles. The Balaban J connectivity index is 1.07. The van der Waals surface area contributed by atoms with Gasteiger partial charge in [-0.1, -0.05) is 77.6 Å². The summed E-state index contributed by atoms with van der Waals surface area (Å²) in [6, 6.07) is 9.49. The SMILES string of the molecule is CC(C)(c1ccccc1C(C)(C)C1CCCCC1(OOC1(N2CCOCC2)CCCCC1)N1CCOCC1)C1CCCCC1(OOC1(N2CCOCC2)CCCCC1)N1CCOCC1. The highest BCUT2D eigenvalue weighted by atomic mass is 17.2. The molecule has 0 bridgehead atoms. The smallest absolute Gasteiger partial charge is 0.160 e. The lowest BCUT2D eigenvalue weighted by atomic mass is 9.57. The Hall–Kier alpha value is -1.26. The minimum atomic E-state index is -0.591. The first-order valence-electron chi connectivity index (χ1n) is 26.3. The predicted molar refractivity (Wildman–Crippen MR) is 247 cm³/mol. The standard InChI is InChI=1S/C52H86N4O8/c1-47(2,45-19-9-15-25-51(45,55-31-39-59-40-32-55)63-61-49(21-11-5-12-22-49)53-27-35-57-36-28-53)43-17-7-8-18-44(43)48(3,4)46-20-10-16-26-52(46,56-33-41-60-42-34-56)64-62-50(23-13-6-14-24-50)54-29-37-58-38-30-54/h7-8,17-18,45-46H,5-6,9-16,19-42H2,1-4H3. The molecule has 12 heteroatoms. The molecule has 64 heavy (non-hydrogen) atoms. The van der Waals surface area contributed by atoms with Crippen molar-refractivity contribution in [1.29, 1.82) is 0 Å². The van der Waals surface area contributed by atoms with Crippen LogP contribution < -0.4 is 0 Å². The van der Waals surface area contributed by atoms with Crippen LogP contribution in [0.25, 0.3) is 0 Å². The van der Waals surface area contributed by atoms with Crippen molar-refractivity contribution in [3.63, 3.8) is 0 Å². The summed E-state index contributed by atoms with van der Waals surface area (Å²) < 4.78 is 23.8. The summed E-state index contributed by atoms with van der Waals surface area (Å²) in [4.78, 5) is 39.7. The molecule has 0 aromatic heterocycles. The Morgan fingerprint density at radius 3 is 1.06 bits per heavy atom. The van der Waals surface area contributed by atoms with Crippen LogP contribution in [0.1, 0.15) is 154 Å². The molecule has 0 spiro atoms. The zero-order valence-electron chi connectivity index (χ0n) is 40.6. The molecule has 0 radical (unpaired) electrons. The number of benzene rings is 1. The van der Waals surface area contributed by atoms with E-state index in [1.807, 2.05) is 0 Å². The quantitative estimate of drug-likeness (QED) is 0.133. The molecule has 4 heterocycles. The maximum absolute atomic E-state index is 7.45. The van der Waals surface area contributed by atoms with Gasteiger partial charge in [-0.2, -0.15) is 0 Å². The predicted octanol–water partition coefficient (Wildman–Crippen LogP) is 8.56. The van der Waals surface area contributed by atoms with Crippen molar-refractivity contribution in [2.24, 2.45) is 11.8 Å². The number of ether oxygens (including phenoxy) is 4. The lowest BCUT2D eigenvalue weighted by Gasteiger charge is -2.58. The monoisotopic (exact) mass is 895 g/mol. The molecule has 4 aliphatic carbocycles. The highest BCUT2D eigenvalue weighted by Gasteiger charge is 2.60. The summed E-state index contributed by atoms with van der Waals surface area (Å²) >= 11 is 0. The third kappa shape index (κ3) is 9.41. The van der Waals surface area contributed by atoms with Gasteiger partial charge in [0, 0.05) is 64.2 Å². The molecule has 8 fully saturated rings. The average Bonchev–Trinajstić information content (AvgIpc) is 3.37. The van der Waals surface area contributed by atoms with Gasteiger partial charge in [-0.3, -0.25) is 19.6 Å². The van der Waals surface area contributed by atoms with Gasteiger partial charge in [-0.05, 0) is 112 Å². The van der Waals surface area contributed by atoms with E-state index >= 15 is 0 Å². The molecule has 1 aromatic rings. The third-order valence-corrected chi connectivity index (χ3v) is 17.9. The molecular formula is C52H86N4O8. The molecule has 9 rings (SSSR count). The van der Waals surface area contributed by atoms with E-state index in [0.717, 1.165) is 169 Å². The van der Waals surface area contributed by atoms with Crippen LogP contribution in [-0.4, -0.2) is 148 Å². The molecule has 4 unspecified atom stereocenters. The minimum Gasteiger partial charge on any atom is -0.379 e. The van der Waals surface area contributed by atoms with Gasteiger partial charge in [0.1, 0.15) is 0 Å². The first kappa shape index (κ1) is 47.8. The van der Waals surface area contributed by atoms with Crippen LogP contribution in [0.15, 0.2) is 24.3 Å². The zero-order chi connectivity index (χ0) is 44.1. The fraction of sp³-hybridized carbons (Fsp3) is 0.885. The van der Waals surface area contributed by atoms with Gasteiger partial charge >= 0.3 is 0 Å². The maximum atomic E-state index is 7.45. The molecule has 0 N–H and O–H groups in total. The van der Waals surface area contributed by atoms with E-state index in [0.29, 0.717) is 0 Å². The van der Waals surface area contributed by atoms with Crippen molar-refractivity contribution in [3.8, 4) is 0 Å². The normalized spacial score (nSPS) is 33.5.